The first-order valence-electron chi connectivity index (χ1n) is 7.48. The van der Waals surface area contributed by atoms with Crippen molar-refractivity contribution in [1.29, 1.82) is 0 Å². The van der Waals surface area contributed by atoms with Gasteiger partial charge in [-0.3, -0.25) is 4.90 Å². The summed E-state index contributed by atoms with van der Waals surface area (Å²) in [6, 6.07) is 0.721. The van der Waals surface area contributed by atoms with Gasteiger partial charge in [0.2, 0.25) is 10.0 Å². The van der Waals surface area contributed by atoms with E-state index in [0.717, 1.165) is 38.9 Å². The minimum Gasteiger partial charge on any atom is -0.313 e. The van der Waals surface area contributed by atoms with E-state index in [1.54, 1.807) is 4.31 Å². The number of rotatable bonds is 5. The van der Waals surface area contributed by atoms with Crippen molar-refractivity contribution in [2.75, 3.05) is 38.5 Å². The van der Waals surface area contributed by atoms with Crippen LogP contribution in [0.4, 0.5) is 0 Å². The fourth-order valence-corrected chi connectivity index (χ4v) is 4.66. The van der Waals surface area contributed by atoms with Crippen LogP contribution in [-0.4, -0.2) is 68.2 Å². The lowest BCUT2D eigenvalue weighted by Gasteiger charge is -2.37. The number of hydrogen-bond donors (Lipinski definition) is 1. The molecule has 0 bridgehead atoms. The van der Waals surface area contributed by atoms with Crippen LogP contribution in [0.25, 0.3) is 0 Å². The van der Waals surface area contributed by atoms with Gasteiger partial charge in [0.25, 0.3) is 0 Å². The summed E-state index contributed by atoms with van der Waals surface area (Å²) in [6.45, 7) is 8.39. The molecule has 2 saturated heterocycles. The Kier molecular flexibility index (Phi) is 5.22. The number of piperazine rings is 1. The first-order chi connectivity index (χ1) is 9.03. The van der Waals surface area contributed by atoms with Crippen LogP contribution >= 0.6 is 0 Å². The summed E-state index contributed by atoms with van der Waals surface area (Å²) in [4.78, 5) is 2.39. The van der Waals surface area contributed by atoms with Gasteiger partial charge >= 0.3 is 0 Å². The zero-order valence-electron chi connectivity index (χ0n) is 12.1. The molecule has 0 aliphatic carbocycles. The average molecular weight is 289 g/mol. The van der Waals surface area contributed by atoms with Crippen molar-refractivity contribution in [1.82, 2.24) is 14.5 Å². The summed E-state index contributed by atoms with van der Waals surface area (Å²) in [7, 11) is -3.08. The van der Waals surface area contributed by atoms with Crippen LogP contribution in [-0.2, 0) is 10.0 Å². The summed E-state index contributed by atoms with van der Waals surface area (Å²) in [5.74, 6) is 0.274. The highest BCUT2D eigenvalue weighted by molar-refractivity contribution is 7.89. The summed E-state index contributed by atoms with van der Waals surface area (Å²) >= 11 is 0. The molecular weight excluding hydrogens is 262 g/mol. The molecule has 0 radical (unpaired) electrons. The molecule has 0 amide bonds. The Morgan fingerprint density at radius 3 is 2.47 bits per heavy atom. The Labute approximate surface area is 117 Å². The van der Waals surface area contributed by atoms with Gasteiger partial charge in [-0.1, -0.05) is 6.92 Å². The molecule has 0 aromatic carbocycles. The number of sulfonamides is 1. The zero-order valence-corrected chi connectivity index (χ0v) is 13.0. The topological polar surface area (TPSA) is 52.7 Å². The minimum absolute atomic E-state index is 0.164. The maximum absolute atomic E-state index is 12.4. The van der Waals surface area contributed by atoms with Crippen molar-refractivity contribution in [2.45, 2.75) is 45.2 Å². The predicted octanol–water partition coefficient (Wildman–Crippen LogP) is 0.484. The maximum Gasteiger partial charge on any atom is 0.215 e. The highest BCUT2D eigenvalue weighted by Gasteiger charge is 2.31. The van der Waals surface area contributed by atoms with Gasteiger partial charge in [-0.25, -0.2) is 8.42 Å². The van der Waals surface area contributed by atoms with E-state index in [2.05, 4.69) is 24.1 Å². The first-order valence-corrected chi connectivity index (χ1v) is 9.09. The summed E-state index contributed by atoms with van der Waals surface area (Å²) in [6.07, 6.45) is 3.22. The molecule has 6 heteroatoms. The third-order valence-electron chi connectivity index (χ3n) is 4.45. The van der Waals surface area contributed by atoms with E-state index < -0.39 is 10.0 Å². The van der Waals surface area contributed by atoms with E-state index in [1.165, 1.54) is 0 Å². The van der Waals surface area contributed by atoms with Crippen LogP contribution in [0.15, 0.2) is 0 Å². The summed E-state index contributed by atoms with van der Waals surface area (Å²) < 4.78 is 26.4. The Hall–Kier alpha value is -0.170. The average Bonchev–Trinajstić information content (AvgIpc) is 2.90. The highest BCUT2D eigenvalue weighted by Crippen LogP contribution is 2.15. The lowest BCUT2D eigenvalue weighted by Crippen LogP contribution is -2.52. The van der Waals surface area contributed by atoms with Crippen molar-refractivity contribution in [2.24, 2.45) is 0 Å². The first kappa shape index (κ1) is 15.2. The Morgan fingerprint density at radius 2 is 1.95 bits per heavy atom. The molecule has 1 N–H and O–H groups in total. The van der Waals surface area contributed by atoms with E-state index >= 15 is 0 Å². The highest BCUT2D eigenvalue weighted by atomic mass is 32.2. The van der Waals surface area contributed by atoms with Crippen LogP contribution in [0.5, 0.6) is 0 Å². The largest absolute Gasteiger partial charge is 0.313 e. The molecule has 0 saturated carbocycles. The van der Waals surface area contributed by atoms with Crippen molar-refractivity contribution in [3.05, 3.63) is 0 Å². The van der Waals surface area contributed by atoms with Crippen LogP contribution in [0.2, 0.25) is 0 Å². The lowest BCUT2D eigenvalue weighted by atomic mass is 10.2. The molecule has 2 fully saturated rings. The Morgan fingerprint density at radius 1 is 1.26 bits per heavy atom. The maximum atomic E-state index is 12.4. The SMILES string of the molecule is CCC(C)N1CCN(S(=O)(=O)CC2CCCN2)CC1. The van der Waals surface area contributed by atoms with Crippen molar-refractivity contribution in [3.63, 3.8) is 0 Å². The third kappa shape index (κ3) is 3.90. The second kappa shape index (κ2) is 6.52. The zero-order chi connectivity index (χ0) is 13.9. The smallest absolute Gasteiger partial charge is 0.215 e. The van der Waals surface area contributed by atoms with Gasteiger partial charge in [0.15, 0.2) is 0 Å². The standard InChI is InChI=1S/C13H27N3O2S/c1-3-12(2)15-7-9-16(10-8-15)19(17,18)11-13-5-4-6-14-13/h12-14H,3-11H2,1-2H3. The number of hydrogen-bond acceptors (Lipinski definition) is 4. The van der Waals surface area contributed by atoms with Crippen LogP contribution in [0, 0.1) is 0 Å². The molecule has 2 heterocycles. The third-order valence-corrected chi connectivity index (χ3v) is 6.43. The fourth-order valence-electron chi connectivity index (χ4n) is 2.94. The number of nitrogens with zero attached hydrogens (tertiary/aromatic N) is 2. The molecule has 2 rings (SSSR count). The van der Waals surface area contributed by atoms with Crippen molar-refractivity contribution >= 4 is 10.0 Å². The molecule has 2 aliphatic heterocycles. The monoisotopic (exact) mass is 289 g/mol. The molecule has 2 atom stereocenters. The van der Waals surface area contributed by atoms with Gasteiger partial charge in [0.1, 0.15) is 0 Å². The van der Waals surface area contributed by atoms with Gasteiger partial charge in [-0.15, -0.1) is 0 Å². The molecule has 0 spiro atoms. The van der Waals surface area contributed by atoms with Gasteiger partial charge < -0.3 is 5.32 Å². The van der Waals surface area contributed by atoms with Crippen LogP contribution < -0.4 is 5.32 Å². The second-order valence-corrected chi connectivity index (χ2v) is 7.78. The van der Waals surface area contributed by atoms with E-state index in [4.69, 9.17) is 0 Å². The van der Waals surface area contributed by atoms with Gasteiger partial charge in [-0.2, -0.15) is 4.31 Å². The molecule has 19 heavy (non-hydrogen) atoms. The van der Waals surface area contributed by atoms with E-state index in [0.29, 0.717) is 19.1 Å². The van der Waals surface area contributed by atoms with E-state index in [1.807, 2.05) is 0 Å². The quantitative estimate of drug-likeness (QED) is 0.800. The fraction of sp³-hybridized carbons (Fsp3) is 1.00. The van der Waals surface area contributed by atoms with E-state index in [9.17, 15) is 8.42 Å². The van der Waals surface area contributed by atoms with Crippen molar-refractivity contribution in [3.8, 4) is 0 Å². The molecule has 0 aromatic rings. The van der Waals surface area contributed by atoms with Crippen LogP contribution in [0.3, 0.4) is 0 Å². The van der Waals surface area contributed by atoms with Gasteiger partial charge in [-0.05, 0) is 32.7 Å². The molecule has 2 unspecified atom stereocenters. The van der Waals surface area contributed by atoms with Crippen molar-refractivity contribution < 1.29 is 8.42 Å². The van der Waals surface area contributed by atoms with Gasteiger partial charge in [0.05, 0.1) is 5.75 Å². The predicted molar refractivity (Wildman–Crippen MR) is 77.7 cm³/mol. The minimum atomic E-state index is -3.08. The van der Waals surface area contributed by atoms with Crippen LogP contribution in [0.1, 0.15) is 33.1 Å². The lowest BCUT2D eigenvalue weighted by molar-refractivity contribution is 0.142. The molecule has 112 valence electrons. The molecule has 2 aliphatic rings. The second-order valence-electron chi connectivity index (χ2n) is 5.76. The normalized spacial score (nSPS) is 28.6. The van der Waals surface area contributed by atoms with Gasteiger partial charge in [0, 0.05) is 38.3 Å². The summed E-state index contributed by atoms with van der Waals surface area (Å²) in [5.41, 5.74) is 0. The summed E-state index contributed by atoms with van der Waals surface area (Å²) in [5, 5.41) is 3.27. The molecular formula is C13H27N3O2S. The molecule has 0 aromatic heterocycles. The number of nitrogens with one attached hydrogen (secondary N) is 1. The van der Waals surface area contributed by atoms with E-state index in [-0.39, 0.29) is 11.8 Å². The Balaban J connectivity index is 1.85. The Bertz CT molecular complexity index is 371. The molecule has 5 nitrogen and oxygen atoms in total.